The van der Waals surface area contributed by atoms with Gasteiger partial charge in [0.05, 0.1) is 11.5 Å². The molecule has 70 valence electrons. The zero-order valence-electron chi connectivity index (χ0n) is 7.55. The molecule has 0 atom stereocenters. The number of hydrogen-bond acceptors (Lipinski definition) is 3. The van der Waals surface area contributed by atoms with Crippen LogP contribution in [-0.2, 0) is 4.79 Å². The van der Waals surface area contributed by atoms with Gasteiger partial charge in [0, 0.05) is 19.6 Å². The predicted molar refractivity (Wildman–Crippen MR) is 45.7 cm³/mol. The van der Waals surface area contributed by atoms with Gasteiger partial charge in [-0.25, -0.2) is 0 Å². The lowest BCUT2D eigenvalue weighted by molar-refractivity contribution is -0.127. The molecule has 0 bridgehead atoms. The van der Waals surface area contributed by atoms with Crippen molar-refractivity contribution in [2.45, 2.75) is 19.4 Å². The van der Waals surface area contributed by atoms with Gasteiger partial charge in [-0.05, 0) is 13.8 Å². The molecule has 12 heavy (non-hydrogen) atoms. The van der Waals surface area contributed by atoms with Gasteiger partial charge in [-0.1, -0.05) is 0 Å². The van der Waals surface area contributed by atoms with Gasteiger partial charge in [0.1, 0.15) is 0 Å². The number of carbonyl (C=O) groups excluding carboxylic acids is 1. The van der Waals surface area contributed by atoms with Crippen molar-refractivity contribution in [3.8, 4) is 0 Å². The van der Waals surface area contributed by atoms with Crippen LogP contribution >= 0.6 is 0 Å². The summed E-state index contributed by atoms with van der Waals surface area (Å²) in [4.78, 5) is 11.2. The van der Waals surface area contributed by atoms with Crippen molar-refractivity contribution in [2.75, 3.05) is 19.6 Å². The number of rotatable bonds is 3. The van der Waals surface area contributed by atoms with E-state index in [1.165, 1.54) is 0 Å². The lowest BCUT2D eigenvalue weighted by atomic mass is 10.0. The standard InChI is InChI=1S/C8H16N2O2/c1-8(2,12)5-10-7(11)6-3-9-4-6/h6,9,12H,3-5H2,1-2H3,(H,10,11). The molecule has 1 aliphatic heterocycles. The molecule has 0 radical (unpaired) electrons. The summed E-state index contributed by atoms with van der Waals surface area (Å²) in [6.07, 6.45) is 0. The van der Waals surface area contributed by atoms with E-state index in [0.29, 0.717) is 6.54 Å². The highest BCUT2D eigenvalue weighted by atomic mass is 16.3. The molecule has 1 rings (SSSR count). The van der Waals surface area contributed by atoms with Gasteiger partial charge >= 0.3 is 0 Å². The van der Waals surface area contributed by atoms with Crippen molar-refractivity contribution in [2.24, 2.45) is 5.92 Å². The molecule has 0 spiro atoms. The van der Waals surface area contributed by atoms with Crippen LogP contribution in [0.2, 0.25) is 0 Å². The molecule has 3 N–H and O–H groups in total. The minimum Gasteiger partial charge on any atom is -0.389 e. The molecule has 0 aromatic rings. The Morgan fingerprint density at radius 2 is 2.25 bits per heavy atom. The van der Waals surface area contributed by atoms with E-state index in [2.05, 4.69) is 10.6 Å². The molecule has 1 heterocycles. The second-order valence-corrected chi connectivity index (χ2v) is 3.89. The fraction of sp³-hybridized carbons (Fsp3) is 0.875. The highest BCUT2D eigenvalue weighted by Gasteiger charge is 2.25. The molecule has 4 heteroatoms. The van der Waals surface area contributed by atoms with E-state index in [1.54, 1.807) is 13.8 Å². The lowest BCUT2D eigenvalue weighted by Gasteiger charge is -2.27. The third-order valence-corrected chi connectivity index (χ3v) is 1.85. The SMILES string of the molecule is CC(C)(O)CNC(=O)C1CNC1. The van der Waals surface area contributed by atoms with Crippen LogP contribution < -0.4 is 10.6 Å². The zero-order chi connectivity index (χ0) is 9.19. The summed E-state index contributed by atoms with van der Waals surface area (Å²) in [5.74, 6) is 0.142. The van der Waals surface area contributed by atoms with E-state index >= 15 is 0 Å². The molecule has 0 aromatic heterocycles. The molecular formula is C8H16N2O2. The molecule has 1 fully saturated rings. The number of carbonyl (C=O) groups is 1. The average molecular weight is 172 g/mol. The van der Waals surface area contributed by atoms with Gasteiger partial charge in [0.15, 0.2) is 0 Å². The second kappa shape index (κ2) is 3.41. The Kier molecular flexibility index (Phi) is 2.69. The Morgan fingerprint density at radius 3 is 2.58 bits per heavy atom. The fourth-order valence-corrected chi connectivity index (χ4v) is 0.922. The van der Waals surface area contributed by atoms with E-state index in [4.69, 9.17) is 0 Å². The summed E-state index contributed by atoms with van der Waals surface area (Å²) in [7, 11) is 0. The minimum atomic E-state index is -0.813. The van der Waals surface area contributed by atoms with Crippen LogP contribution in [-0.4, -0.2) is 36.2 Å². The summed E-state index contributed by atoms with van der Waals surface area (Å²) in [6.45, 7) is 5.19. The van der Waals surface area contributed by atoms with Gasteiger partial charge in [0.2, 0.25) is 5.91 Å². The van der Waals surface area contributed by atoms with Crippen LogP contribution in [0.4, 0.5) is 0 Å². The Hall–Kier alpha value is -0.610. The first kappa shape index (κ1) is 9.48. The molecule has 0 unspecified atom stereocenters. The summed E-state index contributed by atoms with van der Waals surface area (Å²) < 4.78 is 0. The van der Waals surface area contributed by atoms with Crippen LogP contribution in [0.15, 0.2) is 0 Å². The van der Waals surface area contributed by atoms with Crippen molar-refractivity contribution in [1.29, 1.82) is 0 Å². The normalized spacial score (nSPS) is 18.6. The van der Waals surface area contributed by atoms with E-state index in [-0.39, 0.29) is 11.8 Å². The Morgan fingerprint density at radius 1 is 1.67 bits per heavy atom. The van der Waals surface area contributed by atoms with E-state index in [0.717, 1.165) is 13.1 Å². The number of amides is 1. The second-order valence-electron chi connectivity index (χ2n) is 3.89. The monoisotopic (exact) mass is 172 g/mol. The molecule has 1 saturated heterocycles. The van der Waals surface area contributed by atoms with Gasteiger partial charge < -0.3 is 15.7 Å². The molecular weight excluding hydrogens is 156 g/mol. The van der Waals surface area contributed by atoms with E-state index in [9.17, 15) is 9.90 Å². The first-order valence-electron chi connectivity index (χ1n) is 4.20. The van der Waals surface area contributed by atoms with Crippen molar-refractivity contribution >= 4 is 5.91 Å². The topological polar surface area (TPSA) is 61.4 Å². The van der Waals surface area contributed by atoms with Crippen LogP contribution in [0.3, 0.4) is 0 Å². The van der Waals surface area contributed by atoms with Gasteiger partial charge in [-0.3, -0.25) is 4.79 Å². The van der Waals surface area contributed by atoms with Gasteiger partial charge in [-0.2, -0.15) is 0 Å². The number of nitrogens with one attached hydrogen (secondary N) is 2. The maximum Gasteiger partial charge on any atom is 0.225 e. The average Bonchev–Trinajstić information content (AvgIpc) is 1.78. The zero-order valence-corrected chi connectivity index (χ0v) is 7.55. The van der Waals surface area contributed by atoms with Crippen LogP contribution in [0.25, 0.3) is 0 Å². The van der Waals surface area contributed by atoms with E-state index in [1.807, 2.05) is 0 Å². The summed E-state index contributed by atoms with van der Waals surface area (Å²) in [5, 5.41) is 15.0. The summed E-state index contributed by atoms with van der Waals surface area (Å²) in [5.41, 5.74) is -0.813. The van der Waals surface area contributed by atoms with Gasteiger partial charge in [0.25, 0.3) is 0 Å². The molecule has 0 aromatic carbocycles. The predicted octanol–water partition coefficient (Wildman–Crippen LogP) is -0.907. The van der Waals surface area contributed by atoms with Crippen molar-refractivity contribution < 1.29 is 9.90 Å². The van der Waals surface area contributed by atoms with Crippen LogP contribution in [0.5, 0.6) is 0 Å². The summed E-state index contributed by atoms with van der Waals surface area (Å²) >= 11 is 0. The molecule has 4 nitrogen and oxygen atoms in total. The fourth-order valence-electron chi connectivity index (χ4n) is 0.922. The maximum absolute atomic E-state index is 11.2. The number of aliphatic hydroxyl groups is 1. The highest BCUT2D eigenvalue weighted by molar-refractivity contribution is 5.80. The summed E-state index contributed by atoms with van der Waals surface area (Å²) in [6, 6.07) is 0. The van der Waals surface area contributed by atoms with Crippen LogP contribution in [0, 0.1) is 5.92 Å². The lowest BCUT2D eigenvalue weighted by Crippen LogP contribution is -2.52. The minimum absolute atomic E-state index is 0.0378. The number of hydrogen-bond donors (Lipinski definition) is 3. The van der Waals surface area contributed by atoms with Crippen molar-refractivity contribution in [3.05, 3.63) is 0 Å². The Bertz CT molecular complexity index is 170. The largest absolute Gasteiger partial charge is 0.389 e. The van der Waals surface area contributed by atoms with Crippen LogP contribution in [0.1, 0.15) is 13.8 Å². The smallest absolute Gasteiger partial charge is 0.225 e. The molecule has 0 aliphatic carbocycles. The maximum atomic E-state index is 11.2. The Balaban J connectivity index is 2.18. The highest BCUT2D eigenvalue weighted by Crippen LogP contribution is 2.03. The third kappa shape index (κ3) is 2.79. The molecule has 0 saturated carbocycles. The molecule has 1 amide bonds. The van der Waals surface area contributed by atoms with E-state index < -0.39 is 5.60 Å². The first-order chi connectivity index (χ1) is 5.49. The quantitative estimate of drug-likeness (QED) is 0.516. The third-order valence-electron chi connectivity index (χ3n) is 1.85. The van der Waals surface area contributed by atoms with Gasteiger partial charge in [-0.15, -0.1) is 0 Å². The van der Waals surface area contributed by atoms with Crippen molar-refractivity contribution in [1.82, 2.24) is 10.6 Å². The first-order valence-corrected chi connectivity index (χ1v) is 4.20. The Labute approximate surface area is 72.3 Å². The molecule has 1 aliphatic rings. The van der Waals surface area contributed by atoms with Crippen molar-refractivity contribution in [3.63, 3.8) is 0 Å².